The summed E-state index contributed by atoms with van der Waals surface area (Å²) in [6, 6.07) is 0. The van der Waals surface area contributed by atoms with Crippen LogP contribution in [0.3, 0.4) is 0 Å². The molecule has 0 radical (unpaired) electrons. The molecule has 0 fully saturated rings. The molecule has 0 aliphatic carbocycles. The van der Waals surface area contributed by atoms with Gasteiger partial charge in [0.1, 0.15) is 19.6 Å². The number of halogens is 2. The zero-order valence-electron chi connectivity index (χ0n) is 12.3. The van der Waals surface area contributed by atoms with Crippen molar-refractivity contribution < 1.29 is 38.5 Å². The molecule has 0 saturated heterocycles. The molecule has 0 spiro atoms. The van der Waals surface area contributed by atoms with Crippen molar-refractivity contribution in [1.82, 2.24) is 0 Å². The van der Waals surface area contributed by atoms with Crippen molar-refractivity contribution in [2.45, 2.75) is 13.3 Å². The predicted octanol–water partition coefficient (Wildman–Crippen LogP) is -4.80. The first kappa shape index (κ1) is 22.6. The smallest absolute Gasteiger partial charge is 0.128 e. The van der Waals surface area contributed by atoms with Crippen LogP contribution in [0.15, 0.2) is 0 Å². The fraction of sp³-hybridized carbons (Fsp3) is 1.00. The van der Waals surface area contributed by atoms with Gasteiger partial charge in [0.05, 0.1) is 41.8 Å². The number of likely N-dealkylation sites (N-methyl/N-ethyl adjacent to an activating group) is 2. The lowest BCUT2D eigenvalue weighted by Gasteiger charge is -2.33. The summed E-state index contributed by atoms with van der Waals surface area (Å²) in [7, 11) is 11.3. The van der Waals surface area contributed by atoms with E-state index in [0.717, 1.165) is 35.1 Å². The number of quaternary nitrogens is 2. The lowest BCUT2D eigenvalue weighted by Crippen LogP contribution is -3.00. The van der Waals surface area contributed by atoms with Crippen molar-refractivity contribution in [3.05, 3.63) is 0 Å². The van der Waals surface area contributed by atoms with Crippen LogP contribution < -0.4 is 24.8 Å². The Kier molecular flexibility index (Phi) is 13.8. The van der Waals surface area contributed by atoms with Crippen LogP contribution in [0.2, 0.25) is 0 Å². The summed E-state index contributed by atoms with van der Waals surface area (Å²) in [5.41, 5.74) is 0. The Morgan fingerprint density at radius 2 is 1.29 bits per heavy atom. The lowest BCUT2D eigenvalue weighted by atomic mass is 10.4. The molecule has 0 aliphatic rings. The molecule has 17 heavy (non-hydrogen) atoms. The molecule has 108 valence electrons. The number of ether oxygens (including phenoxy) is 1. The van der Waals surface area contributed by atoms with Crippen molar-refractivity contribution in [2.24, 2.45) is 0 Å². The van der Waals surface area contributed by atoms with Gasteiger partial charge in [0.15, 0.2) is 0 Å². The Morgan fingerprint density at radius 1 is 0.765 bits per heavy atom. The van der Waals surface area contributed by atoms with E-state index in [9.17, 15) is 0 Å². The molecule has 0 aromatic heterocycles. The second kappa shape index (κ2) is 10.4. The fourth-order valence-corrected chi connectivity index (χ4v) is 1.24. The minimum atomic E-state index is 0. The normalized spacial score (nSPS) is 11.6. The van der Waals surface area contributed by atoms with Crippen molar-refractivity contribution in [3.63, 3.8) is 0 Å². The van der Waals surface area contributed by atoms with Crippen LogP contribution in [0.1, 0.15) is 13.3 Å². The number of nitrogens with zero attached hydrogens (tertiary/aromatic N) is 2. The van der Waals surface area contributed by atoms with Gasteiger partial charge in [-0.15, -0.1) is 0 Å². The Morgan fingerprint density at radius 3 is 1.71 bits per heavy atom. The van der Waals surface area contributed by atoms with Crippen molar-refractivity contribution in [1.29, 1.82) is 0 Å². The summed E-state index contributed by atoms with van der Waals surface area (Å²) in [4.78, 5) is 0. The minimum absolute atomic E-state index is 0. The lowest BCUT2D eigenvalue weighted by molar-refractivity contribution is -0.937. The maximum atomic E-state index is 5.53. The number of hydrogen-bond donors (Lipinski definition) is 0. The molecular weight excluding hydrogens is 259 g/mol. The molecule has 0 N–H and O–H groups in total. The quantitative estimate of drug-likeness (QED) is 0.322. The van der Waals surface area contributed by atoms with Crippen LogP contribution in [-0.4, -0.2) is 77.1 Å². The molecule has 0 saturated carbocycles. The van der Waals surface area contributed by atoms with Gasteiger partial charge in [0, 0.05) is 6.61 Å². The highest BCUT2D eigenvalue weighted by atomic mass is 35.5. The molecule has 0 rings (SSSR count). The van der Waals surface area contributed by atoms with E-state index in [-0.39, 0.29) is 24.8 Å². The van der Waals surface area contributed by atoms with E-state index in [4.69, 9.17) is 4.74 Å². The van der Waals surface area contributed by atoms with Gasteiger partial charge >= 0.3 is 0 Å². The van der Waals surface area contributed by atoms with Crippen molar-refractivity contribution >= 4 is 0 Å². The van der Waals surface area contributed by atoms with E-state index >= 15 is 0 Å². The summed E-state index contributed by atoms with van der Waals surface area (Å²) in [6.45, 7) is 7.46. The second-order valence-electron chi connectivity index (χ2n) is 6.01. The highest BCUT2D eigenvalue weighted by Crippen LogP contribution is 2.00. The first-order chi connectivity index (χ1) is 6.77. The van der Waals surface area contributed by atoms with E-state index in [1.807, 2.05) is 0 Å². The summed E-state index contributed by atoms with van der Waals surface area (Å²) in [6.07, 6.45) is 1.12. The third kappa shape index (κ3) is 16.5. The maximum absolute atomic E-state index is 5.53. The Balaban J connectivity index is -0.000000980. The highest BCUT2D eigenvalue weighted by molar-refractivity contribution is 4.36. The van der Waals surface area contributed by atoms with Crippen LogP contribution in [0.4, 0.5) is 0 Å². The van der Waals surface area contributed by atoms with Crippen LogP contribution in [-0.2, 0) is 4.74 Å². The van der Waals surface area contributed by atoms with E-state index in [1.165, 1.54) is 13.1 Å². The van der Waals surface area contributed by atoms with E-state index in [0.29, 0.717) is 0 Å². The van der Waals surface area contributed by atoms with E-state index < -0.39 is 0 Å². The molecule has 0 aromatic carbocycles. The summed E-state index contributed by atoms with van der Waals surface area (Å²) >= 11 is 0. The van der Waals surface area contributed by atoms with Gasteiger partial charge < -0.3 is 38.5 Å². The van der Waals surface area contributed by atoms with E-state index in [1.54, 1.807) is 0 Å². The Hall–Kier alpha value is 0.460. The molecule has 0 heterocycles. The van der Waals surface area contributed by atoms with Gasteiger partial charge in [0.2, 0.25) is 0 Å². The van der Waals surface area contributed by atoms with Gasteiger partial charge in [-0.3, -0.25) is 0 Å². The Bertz CT molecular complexity index is 170. The fourth-order valence-electron chi connectivity index (χ4n) is 1.24. The molecule has 0 atom stereocenters. The average Bonchev–Trinajstić information content (AvgIpc) is 2.09. The SMILES string of the molecule is CCCOCC[N+](C)(C)CC[N+](C)(C)C.[Cl-].[Cl-]. The van der Waals surface area contributed by atoms with Gasteiger partial charge in [-0.1, -0.05) is 6.92 Å². The largest absolute Gasteiger partial charge is 1.00 e. The summed E-state index contributed by atoms with van der Waals surface area (Å²) in [5.74, 6) is 0. The van der Waals surface area contributed by atoms with Gasteiger partial charge in [-0.05, 0) is 6.42 Å². The molecule has 0 bridgehead atoms. The Labute approximate surface area is 120 Å². The molecule has 0 aromatic rings. The van der Waals surface area contributed by atoms with Gasteiger partial charge in [0.25, 0.3) is 0 Å². The van der Waals surface area contributed by atoms with Crippen molar-refractivity contribution in [3.8, 4) is 0 Å². The predicted molar refractivity (Wildman–Crippen MR) is 65.9 cm³/mol. The molecule has 5 heteroatoms. The summed E-state index contributed by atoms with van der Waals surface area (Å²) < 4.78 is 7.62. The third-order valence-corrected chi connectivity index (χ3v) is 2.57. The standard InChI is InChI=1S/C12H30N2O.2ClH/c1-7-11-15-12-10-14(5,6)9-8-13(2,3)4;;/h7-12H2,1-6H3;2*1H/q+2;;/p-2. The van der Waals surface area contributed by atoms with Crippen LogP contribution in [0, 0.1) is 0 Å². The average molecular weight is 289 g/mol. The minimum Gasteiger partial charge on any atom is -1.00 e. The summed E-state index contributed by atoms with van der Waals surface area (Å²) in [5, 5.41) is 0. The first-order valence-corrected chi connectivity index (χ1v) is 5.97. The monoisotopic (exact) mass is 288 g/mol. The number of rotatable bonds is 8. The maximum Gasteiger partial charge on any atom is 0.128 e. The van der Waals surface area contributed by atoms with Crippen LogP contribution in [0.5, 0.6) is 0 Å². The van der Waals surface area contributed by atoms with Crippen LogP contribution in [0.25, 0.3) is 0 Å². The second-order valence-corrected chi connectivity index (χ2v) is 6.01. The first-order valence-electron chi connectivity index (χ1n) is 5.97. The number of hydrogen-bond acceptors (Lipinski definition) is 1. The molecule has 3 nitrogen and oxygen atoms in total. The van der Waals surface area contributed by atoms with Crippen molar-refractivity contribution in [2.75, 3.05) is 68.1 Å². The third-order valence-electron chi connectivity index (χ3n) is 2.57. The topological polar surface area (TPSA) is 9.23 Å². The zero-order chi connectivity index (χ0) is 11.9. The molecule has 0 aliphatic heterocycles. The molecular formula is C12H30Cl2N2O. The molecule has 0 amide bonds. The van der Waals surface area contributed by atoms with Gasteiger partial charge in [-0.25, -0.2) is 0 Å². The van der Waals surface area contributed by atoms with Crippen LogP contribution >= 0.6 is 0 Å². The van der Waals surface area contributed by atoms with Gasteiger partial charge in [-0.2, -0.15) is 0 Å². The molecule has 0 unspecified atom stereocenters. The van der Waals surface area contributed by atoms with E-state index in [2.05, 4.69) is 42.2 Å². The highest BCUT2D eigenvalue weighted by Gasteiger charge is 2.19. The zero-order valence-corrected chi connectivity index (χ0v) is 13.8.